The van der Waals surface area contributed by atoms with E-state index < -0.39 is 0 Å². The third kappa shape index (κ3) is 0.946. The van der Waals surface area contributed by atoms with Crippen molar-refractivity contribution in [2.45, 2.75) is 25.8 Å². The molecular formula is C9H10N4. The summed E-state index contributed by atoms with van der Waals surface area (Å²) in [5, 5.41) is 0. The zero-order valence-electron chi connectivity index (χ0n) is 7.44. The molecule has 0 atom stereocenters. The van der Waals surface area contributed by atoms with E-state index in [2.05, 4.69) is 19.5 Å². The summed E-state index contributed by atoms with van der Waals surface area (Å²) in [5.74, 6) is 0. The number of imidazole rings is 1. The Morgan fingerprint density at radius 3 is 2.92 bits per heavy atom. The van der Waals surface area contributed by atoms with Crippen LogP contribution in [0.2, 0.25) is 0 Å². The van der Waals surface area contributed by atoms with Crippen LogP contribution in [0.25, 0.3) is 11.2 Å². The number of aromatic nitrogens is 4. The maximum atomic E-state index is 4.32. The lowest BCUT2D eigenvalue weighted by molar-refractivity contribution is 0.756. The molecule has 2 heterocycles. The van der Waals surface area contributed by atoms with Crippen LogP contribution in [0.4, 0.5) is 0 Å². The third-order valence-electron chi connectivity index (χ3n) is 2.48. The Balaban J connectivity index is 2.32. The molecule has 0 amide bonds. The Morgan fingerprint density at radius 2 is 2.15 bits per heavy atom. The smallest absolute Gasteiger partial charge is 0.163 e. The molecule has 0 aliphatic heterocycles. The van der Waals surface area contributed by atoms with E-state index in [4.69, 9.17) is 0 Å². The van der Waals surface area contributed by atoms with E-state index in [0.717, 1.165) is 16.9 Å². The van der Waals surface area contributed by atoms with Gasteiger partial charge < -0.3 is 4.57 Å². The molecule has 4 nitrogen and oxygen atoms in total. The molecule has 3 rings (SSSR count). The van der Waals surface area contributed by atoms with Crippen molar-refractivity contribution in [3.8, 4) is 0 Å². The van der Waals surface area contributed by atoms with Gasteiger partial charge in [-0.3, -0.25) is 0 Å². The molecule has 2 aromatic heterocycles. The Hall–Kier alpha value is -1.45. The molecule has 0 saturated heterocycles. The first-order valence-electron chi connectivity index (χ1n) is 4.50. The molecule has 66 valence electrons. The summed E-state index contributed by atoms with van der Waals surface area (Å²) < 4.78 is 2.16. The minimum absolute atomic E-state index is 0.638. The Kier molecular flexibility index (Phi) is 1.23. The van der Waals surface area contributed by atoms with E-state index in [1.807, 2.05) is 13.3 Å². The first kappa shape index (κ1) is 7.00. The topological polar surface area (TPSA) is 43.6 Å². The Bertz CT molecular complexity index is 456. The number of aryl methyl sites for hydroxylation is 1. The molecule has 0 spiro atoms. The lowest BCUT2D eigenvalue weighted by atomic mass is 10.4. The van der Waals surface area contributed by atoms with Crippen molar-refractivity contribution in [3.05, 3.63) is 18.3 Å². The van der Waals surface area contributed by atoms with Crippen LogP contribution in [0.3, 0.4) is 0 Å². The predicted octanol–water partition coefficient (Wildman–Crippen LogP) is 1.47. The normalized spacial score (nSPS) is 16.7. The van der Waals surface area contributed by atoms with E-state index in [1.165, 1.54) is 12.8 Å². The molecule has 1 saturated carbocycles. The minimum Gasteiger partial charge on any atom is -0.312 e. The second-order valence-electron chi connectivity index (χ2n) is 3.51. The van der Waals surface area contributed by atoms with Crippen LogP contribution in [0, 0.1) is 6.92 Å². The van der Waals surface area contributed by atoms with E-state index in [-0.39, 0.29) is 0 Å². The molecule has 2 aromatic rings. The minimum atomic E-state index is 0.638. The first-order chi connectivity index (χ1) is 6.36. The molecular weight excluding hydrogens is 164 g/mol. The average molecular weight is 174 g/mol. The van der Waals surface area contributed by atoms with Gasteiger partial charge in [-0.25, -0.2) is 15.0 Å². The van der Waals surface area contributed by atoms with Gasteiger partial charge in [-0.15, -0.1) is 0 Å². The van der Waals surface area contributed by atoms with Gasteiger partial charge in [0.15, 0.2) is 5.65 Å². The summed E-state index contributed by atoms with van der Waals surface area (Å²) in [5.41, 5.74) is 2.88. The number of rotatable bonds is 1. The predicted molar refractivity (Wildman–Crippen MR) is 48.3 cm³/mol. The number of hydrogen-bond donors (Lipinski definition) is 0. The molecule has 0 radical (unpaired) electrons. The highest BCUT2D eigenvalue weighted by Crippen LogP contribution is 2.36. The number of hydrogen-bond acceptors (Lipinski definition) is 3. The van der Waals surface area contributed by atoms with Crippen molar-refractivity contribution in [2.75, 3.05) is 0 Å². The van der Waals surface area contributed by atoms with Gasteiger partial charge >= 0.3 is 0 Å². The van der Waals surface area contributed by atoms with Gasteiger partial charge in [-0.2, -0.15) is 0 Å². The number of nitrogens with zero attached hydrogens (tertiary/aromatic N) is 4. The summed E-state index contributed by atoms with van der Waals surface area (Å²) in [6.45, 7) is 1.97. The van der Waals surface area contributed by atoms with Crippen molar-refractivity contribution >= 4 is 11.2 Å². The van der Waals surface area contributed by atoms with Crippen LogP contribution < -0.4 is 0 Å². The van der Waals surface area contributed by atoms with E-state index in [1.54, 1.807) is 6.33 Å². The van der Waals surface area contributed by atoms with Gasteiger partial charge in [-0.05, 0) is 19.8 Å². The Morgan fingerprint density at radius 1 is 1.31 bits per heavy atom. The Labute approximate surface area is 75.6 Å². The fraction of sp³-hybridized carbons (Fsp3) is 0.444. The second kappa shape index (κ2) is 2.28. The summed E-state index contributed by atoms with van der Waals surface area (Å²) in [6, 6.07) is 0.638. The third-order valence-corrected chi connectivity index (χ3v) is 2.48. The fourth-order valence-corrected chi connectivity index (χ4v) is 1.59. The highest BCUT2D eigenvalue weighted by atomic mass is 15.2. The quantitative estimate of drug-likeness (QED) is 0.657. The summed E-state index contributed by atoms with van der Waals surface area (Å²) in [6.07, 6.45) is 6.01. The monoisotopic (exact) mass is 174 g/mol. The summed E-state index contributed by atoms with van der Waals surface area (Å²) in [7, 11) is 0. The van der Waals surface area contributed by atoms with Crippen LogP contribution in [0.1, 0.15) is 24.6 Å². The van der Waals surface area contributed by atoms with Crippen LogP contribution in [0.5, 0.6) is 0 Å². The second-order valence-corrected chi connectivity index (χ2v) is 3.51. The molecule has 0 aromatic carbocycles. The van der Waals surface area contributed by atoms with Gasteiger partial charge in [0.2, 0.25) is 0 Å². The largest absolute Gasteiger partial charge is 0.312 e. The molecule has 0 bridgehead atoms. The average Bonchev–Trinajstić information content (AvgIpc) is 2.87. The molecule has 1 aliphatic carbocycles. The van der Waals surface area contributed by atoms with Crippen LogP contribution >= 0.6 is 0 Å². The first-order valence-corrected chi connectivity index (χ1v) is 4.50. The van der Waals surface area contributed by atoms with Crippen LogP contribution in [-0.4, -0.2) is 19.5 Å². The van der Waals surface area contributed by atoms with Gasteiger partial charge in [0.25, 0.3) is 0 Å². The van der Waals surface area contributed by atoms with Crippen molar-refractivity contribution in [2.24, 2.45) is 0 Å². The van der Waals surface area contributed by atoms with Crippen molar-refractivity contribution in [1.82, 2.24) is 19.5 Å². The maximum absolute atomic E-state index is 4.32. The van der Waals surface area contributed by atoms with Gasteiger partial charge in [0.05, 0.1) is 12.0 Å². The summed E-state index contributed by atoms with van der Waals surface area (Å²) in [4.78, 5) is 12.7. The van der Waals surface area contributed by atoms with E-state index >= 15 is 0 Å². The van der Waals surface area contributed by atoms with Crippen LogP contribution in [-0.2, 0) is 0 Å². The highest BCUT2D eigenvalue weighted by Gasteiger charge is 2.25. The van der Waals surface area contributed by atoms with Crippen LogP contribution in [0.15, 0.2) is 12.7 Å². The standard InChI is InChI=1S/C9H10N4/c1-6-8-9(11-4-10-6)13(5-12-8)7-2-3-7/h4-5,7H,2-3H2,1H3. The summed E-state index contributed by atoms with van der Waals surface area (Å²) >= 11 is 0. The molecule has 1 fully saturated rings. The van der Waals surface area contributed by atoms with Gasteiger partial charge in [0, 0.05) is 6.04 Å². The molecule has 13 heavy (non-hydrogen) atoms. The molecule has 4 heteroatoms. The zero-order chi connectivity index (χ0) is 8.84. The zero-order valence-corrected chi connectivity index (χ0v) is 7.44. The van der Waals surface area contributed by atoms with Crippen molar-refractivity contribution in [1.29, 1.82) is 0 Å². The van der Waals surface area contributed by atoms with Gasteiger partial charge in [-0.1, -0.05) is 0 Å². The highest BCUT2D eigenvalue weighted by molar-refractivity contribution is 5.72. The van der Waals surface area contributed by atoms with Crippen molar-refractivity contribution < 1.29 is 0 Å². The molecule has 0 N–H and O–H groups in total. The van der Waals surface area contributed by atoms with E-state index in [9.17, 15) is 0 Å². The fourth-order valence-electron chi connectivity index (χ4n) is 1.59. The lowest BCUT2D eigenvalue weighted by Gasteiger charge is -1.98. The maximum Gasteiger partial charge on any atom is 0.163 e. The van der Waals surface area contributed by atoms with E-state index in [0.29, 0.717) is 6.04 Å². The lowest BCUT2D eigenvalue weighted by Crippen LogP contribution is -1.94. The molecule has 0 unspecified atom stereocenters. The van der Waals surface area contributed by atoms with Crippen molar-refractivity contribution in [3.63, 3.8) is 0 Å². The van der Waals surface area contributed by atoms with Gasteiger partial charge in [0.1, 0.15) is 11.8 Å². The SMILES string of the molecule is Cc1ncnc2c1ncn2C1CC1. The molecule has 1 aliphatic rings. The number of fused-ring (bicyclic) bond motifs is 1.